The minimum Gasteiger partial charge on any atom is -0.419 e. The van der Waals surface area contributed by atoms with E-state index in [-0.39, 0.29) is 5.25 Å². The fraction of sp³-hybridized carbons (Fsp3) is 0.333. The van der Waals surface area contributed by atoms with Gasteiger partial charge in [-0.25, -0.2) is 0 Å². The molecule has 0 unspecified atom stereocenters. The normalized spacial score (nSPS) is 17.2. The van der Waals surface area contributed by atoms with Gasteiger partial charge in [-0.1, -0.05) is 36.9 Å². The first-order chi connectivity index (χ1) is 14.2. The number of nitrogens with zero attached hydrogens (tertiary/aromatic N) is 4. The molecular weight excluding hydrogens is 404 g/mol. The Hall–Kier alpha value is -2.45. The minimum atomic E-state index is -0.0920. The Morgan fingerprint density at radius 2 is 1.90 bits per heavy atom. The van der Waals surface area contributed by atoms with Crippen LogP contribution in [-0.2, 0) is 12.8 Å². The highest BCUT2D eigenvalue weighted by molar-refractivity contribution is 7.99. The van der Waals surface area contributed by atoms with Gasteiger partial charge in [0, 0.05) is 10.4 Å². The number of aromatic nitrogens is 4. The van der Waals surface area contributed by atoms with Crippen LogP contribution >= 0.6 is 23.1 Å². The first kappa shape index (κ1) is 18.6. The Bertz CT molecular complexity index is 1120. The highest BCUT2D eigenvalue weighted by Gasteiger charge is 2.23. The van der Waals surface area contributed by atoms with Crippen molar-refractivity contribution in [3.63, 3.8) is 0 Å². The van der Waals surface area contributed by atoms with Gasteiger partial charge < -0.3 is 8.83 Å². The quantitative estimate of drug-likeness (QED) is 0.373. The Labute approximate surface area is 176 Å². The molecule has 3 heterocycles. The third-order valence-corrected chi connectivity index (χ3v) is 7.18. The molecule has 0 saturated heterocycles. The van der Waals surface area contributed by atoms with E-state index < -0.39 is 0 Å². The number of benzene rings is 1. The van der Waals surface area contributed by atoms with E-state index in [1.54, 1.807) is 11.3 Å². The van der Waals surface area contributed by atoms with Gasteiger partial charge in [-0.15, -0.1) is 31.7 Å². The van der Waals surface area contributed by atoms with Crippen LogP contribution in [0.2, 0.25) is 0 Å². The number of hydrogen-bond acceptors (Lipinski definition) is 8. The second-order valence-electron chi connectivity index (χ2n) is 7.35. The van der Waals surface area contributed by atoms with Crippen LogP contribution in [0.5, 0.6) is 0 Å². The molecule has 0 radical (unpaired) electrons. The second kappa shape index (κ2) is 7.76. The molecule has 29 heavy (non-hydrogen) atoms. The topological polar surface area (TPSA) is 77.8 Å². The van der Waals surface area contributed by atoms with Crippen molar-refractivity contribution in [2.24, 2.45) is 5.92 Å². The zero-order chi connectivity index (χ0) is 19.8. The van der Waals surface area contributed by atoms with E-state index >= 15 is 0 Å². The Morgan fingerprint density at radius 3 is 2.76 bits per heavy atom. The predicted octanol–water partition coefficient (Wildman–Crippen LogP) is 5.83. The Balaban J connectivity index is 1.30. The summed E-state index contributed by atoms with van der Waals surface area (Å²) < 4.78 is 11.7. The van der Waals surface area contributed by atoms with Gasteiger partial charge in [0.15, 0.2) is 0 Å². The average molecular weight is 425 g/mol. The standard InChI is InChI=1S/C21H20N4O2S2/c1-12-8-9-16-15(10-12)11-17(29-16)20-24-25-21(27-20)28-13(2)18-22-23-19(26-18)14-6-4-3-5-7-14/h3-7,11-13H,8-10H2,1-2H3/t12-,13-/m0/s1. The van der Waals surface area contributed by atoms with Crippen LogP contribution in [0.3, 0.4) is 0 Å². The number of rotatable bonds is 5. The third-order valence-electron chi connectivity index (χ3n) is 5.03. The summed E-state index contributed by atoms with van der Waals surface area (Å²) in [5, 5.41) is 17.2. The van der Waals surface area contributed by atoms with Gasteiger partial charge in [0.1, 0.15) is 0 Å². The van der Waals surface area contributed by atoms with Crippen molar-refractivity contribution in [2.75, 3.05) is 0 Å². The molecule has 1 aliphatic carbocycles. The molecule has 1 aliphatic rings. The summed E-state index contributed by atoms with van der Waals surface area (Å²) in [6.07, 6.45) is 3.54. The molecule has 0 amide bonds. The molecule has 148 valence electrons. The van der Waals surface area contributed by atoms with E-state index in [1.165, 1.54) is 28.6 Å². The molecule has 0 spiro atoms. The van der Waals surface area contributed by atoms with Crippen molar-refractivity contribution in [1.82, 2.24) is 20.4 Å². The van der Waals surface area contributed by atoms with Gasteiger partial charge in [-0.05, 0) is 55.9 Å². The Kier molecular flexibility index (Phi) is 4.97. The van der Waals surface area contributed by atoms with Crippen molar-refractivity contribution in [2.45, 2.75) is 43.6 Å². The maximum Gasteiger partial charge on any atom is 0.277 e. The maximum atomic E-state index is 5.92. The number of hydrogen-bond donors (Lipinski definition) is 0. The first-order valence-electron chi connectivity index (χ1n) is 9.66. The maximum absolute atomic E-state index is 5.92. The zero-order valence-corrected chi connectivity index (χ0v) is 17.8. The van der Waals surface area contributed by atoms with Crippen LogP contribution in [0.25, 0.3) is 22.2 Å². The number of thioether (sulfide) groups is 1. The van der Waals surface area contributed by atoms with Crippen LogP contribution in [0.4, 0.5) is 0 Å². The van der Waals surface area contributed by atoms with E-state index in [2.05, 4.69) is 33.4 Å². The van der Waals surface area contributed by atoms with Gasteiger partial charge in [0.2, 0.25) is 11.8 Å². The minimum absolute atomic E-state index is 0.0920. The lowest BCUT2D eigenvalue weighted by Gasteiger charge is -2.16. The summed E-state index contributed by atoms with van der Waals surface area (Å²) in [5.41, 5.74) is 2.34. The van der Waals surface area contributed by atoms with Gasteiger partial charge >= 0.3 is 0 Å². The molecule has 6 nitrogen and oxygen atoms in total. The lowest BCUT2D eigenvalue weighted by Crippen LogP contribution is -2.07. The van der Waals surface area contributed by atoms with Crippen molar-refractivity contribution in [3.8, 4) is 22.2 Å². The fourth-order valence-corrected chi connectivity index (χ4v) is 5.31. The van der Waals surface area contributed by atoms with Gasteiger partial charge in [0.05, 0.1) is 10.1 Å². The lowest BCUT2D eigenvalue weighted by molar-refractivity contribution is 0.462. The van der Waals surface area contributed by atoms with E-state index in [0.29, 0.717) is 22.9 Å². The fourth-order valence-electron chi connectivity index (χ4n) is 3.47. The SMILES string of the molecule is C[C@H]1CCc2sc(-c3nnc(S[C@@H](C)c4nnc(-c5ccccc5)o4)o3)cc2C1. The van der Waals surface area contributed by atoms with E-state index in [9.17, 15) is 0 Å². The van der Waals surface area contributed by atoms with E-state index in [1.807, 2.05) is 37.3 Å². The molecule has 0 bridgehead atoms. The summed E-state index contributed by atoms with van der Waals surface area (Å²) in [7, 11) is 0. The summed E-state index contributed by atoms with van der Waals surface area (Å²) in [4.78, 5) is 2.51. The molecule has 0 saturated carbocycles. The molecule has 3 aromatic heterocycles. The largest absolute Gasteiger partial charge is 0.419 e. The highest BCUT2D eigenvalue weighted by atomic mass is 32.2. The van der Waals surface area contributed by atoms with Crippen molar-refractivity contribution >= 4 is 23.1 Å². The predicted molar refractivity (Wildman–Crippen MR) is 113 cm³/mol. The summed E-state index contributed by atoms with van der Waals surface area (Å²) in [5.74, 6) is 2.38. The molecule has 8 heteroatoms. The number of thiophene rings is 1. The van der Waals surface area contributed by atoms with Crippen molar-refractivity contribution in [1.29, 1.82) is 0 Å². The molecule has 1 aromatic carbocycles. The third kappa shape index (κ3) is 3.86. The second-order valence-corrected chi connectivity index (χ2v) is 9.78. The summed E-state index contributed by atoms with van der Waals surface area (Å²) in [6.45, 7) is 4.30. The van der Waals surface area contributed by atoms with Crippen LogP contribution in [0.1, 0.15) is 41.8 Å². The molecule has 5 rings (SSSR count). The van der Waals surface area contributed by atoms with E-state index in [4.69, 9.17) is 8.83 Å². The molecule has 4 aromatic rings. The van der Waals surface area contributed by atoms with Crippen LogP contribution in [-0.4, -0.2) is 20.4 Å². The molecule has 0 aliphatic heterocycles. The first-order valence-corrected chi connectivity index (χ1v) is 11.4. The van der Waals surface area contributed by atoms with Crippen molar-refractivity contribution < 1.29 is 8.83 Å². The van der Waals surface area contributed by atoms with Crippen LogP contribution in [0.15, 0.2) is 50.5 Å². The van der Waals surface area contributed by atoms with Gasteiger partial charge in [-0.3, -0.25) is 0 Å². The molecule has 0 N–H and O–H groups in total. The molecular formula is C21H20N4O2S2. The van der Waals surface area contributed by atoms with Crippen molar-refractivity contribution in [3.05, 3.63) is 52.7 Å². The van der Waals surface area contributed by atoms with Crippen LogP contribution in [0, 0.1) is 5.92 Å². The number of aryl methyl sites for hydroxylation is 1. The van der Waals surface area contributed by atoms with Gasteiger partial charge in [-0.2, -0.15) is 0 Å². The van der Waals surface area contributed by atoms with E-state index in [0.717, 1.165) is 29.2 Å². The van der Waals surface area contributed by atoms with Crippen LogP contribution < -0.4 is 0 Å². The molecule has 2 atom stereocenters. The summed E-state index contributed by atoms with van der Waals surface area (Å²) in [6, 6.07) is 11.9. The average Bonchev–Trinajstić information content (AvgIpc) is 3.47. The zero-order valence-electron chi connectivity index (χ0n) is 16.2. The summed E-state index contributed by atoms with van der Waals surface area (Å²) >= 11 is 3.20. The number of fused-ring (bicyclic) bond motifs is 1. The lowest BCUT2D eigenvalue weighted by atomic mass is 9.90. The highest BCUT2D eigenvalue weighted by Crippen LogP contribution is 2.39. The van der Waals surface area contributed by atoms with Gasteiger partial charge in [0.25, 0.3) is 11.1 Å². The molecule has 0 fully saturated rings. The monoisotopic (exact) mass is 424 g/mol. The Morgan fingerprint density at radius 1 is 1.07 bits per heavy atom. The smallest absolute Gasteiger partial charge is 0.277 e.